The van der Waals surface area contributed by atoms with Crippen LogP contribution in [-0.4, -0.2) is 31.2 Å². The summed E-state index contributed by atoms with van der Waals surface area (Å²) < 4.78 is 0. The highest BCUT2D eigenvalue weighted by molar-refractivity contribution is 5.82. The zero-order valence-electron chi connectivity index (χ0n) is 17.0. The molecule has 4 rings (SSSR count). The Labute approximate surface area is 166 Å². The molecule has 0 spiro atoms. The van der Waals surface area contributed by atoms with E-state index in [4.69, 9.17) is 0 Å². The maximum Gasteiger partial charge on any atom is 0.198 e. The Morgan fingerprint density at radius 2 is 1.57 bits per heavy atom. The maximum atomic E-state index is 13.2. The molecular formula is C24H31N3O+2. The SMILES string of the molecule is CCc1cccc2c(=O)c(C[NH+]3CC[NH+](Cc4ccccc4)CC3)c(C)[nH]c12. The van der Waals surface area contributed by atoms with E-state index in [1.165, 1.54) is 16.0 Å². The molecule has 1 aromatic heterocycles. The van der Waals surface area contributed by atoms with Crippen LogP contribution in [0.2, 0.25) is 0 Å². The predicted octanol–water partition coefficient (Wildman–Crippen LogP) is 0.883. The minimum absolute atomic E-state index is 0.216. The average molecular weight is 378 g/mol. The van der Waals surface area contributed by atoms with Gasteiger partial charge in [0, 0.05) is 16.6 Å². The average Bonchev–Trinajstić information content (AvgIpc) is 2.73. The Hall–Kier alpha value is -2.43. The third-order valence-corrected chi connectivity index (χ3v) is 6.20. The zero-order valence-corrected chi connectivity index (χ0v) is 17.0. The van der Waals surface area contributed by atoms with Gasteiger partial charge in [-0.05, 0) is 25.0 Å². The molecule has 0 bridgehead atoms. The number of aromatic amines is 1. The molecule has 28 heavy (non-hydrogen) atoms. The molecule has 3 N–H and O–H groups in total. The first kappa shape index (κ1) is 18.9. The zero-order chi connectivity index (χ0) is 19.5. The van der Waals surface area contributed by atoms with E-state index in [2.05, 4.69) is 55.2 Å². The summed E-state index contributed by atoms with van der Waals surface area (Å²) in [5, 5.41) is 0.840. The number of quaternary nitrogens is 2. The molecule has 1 aliphatic rings. The number of fused-ring (bicyclic) bond motifs is 1. The van der Waals surface area contributed by atoms with Gasteiger partial charge in [-0.1, -0.05) is 49.4 Å². The largest absolute Gasteiger partial charge is 0.358 e. The number of aromatic nitrogens is 1. The number of hydrogen-bond acceptors (Lipinski definition) is 1. The minimum Gasteiger partial charge on any atom is -0.358 e. The Morgan fingerprint density at radius 3 is 2.25 bits per heavy atom. The first-order valence-electron chi connectivity index (χ1n) is 10.5. The third-order valence-electron chi connectivity index (χ3n) is 6.20. The molecule has 0 saturated carbocycles. The van der Waals surface area contributed by atoms with Crippen LogP contribution in [0.1, 0.15) is 29.3 Å². The van der Waals surface area contributed by atoms with E-state index in [1.807, 2.05) is 12.1 Å². The van der Waals surface area contributed by atoms with Gasteiger partial charge in [0.2, 0.25) is 0 Å². The molecule has 2 aromatic carbocycles. The van der Waals surface area contributed by atoms with Crippen LogP contribution in [-0.2, 0) is 19.5 Å². The van der Waals surface area contributed by atoms with Crippen LogP contribution in [0, 0.1) is 6.92 Å². The van der Waals surface area contributed by atoms with Gasteiger partial charge in [-0.2, -0.15) is 0 Å². The molecule has 4 nitrogen and oxygen atoms in total. The van der Waals surface area contributed by atoms with Gasteiger partial charge >= 0.3 is 0 Å². The fraction of sp³-hybridized carbons (Fsp3) is 0.375. The molecule has 1 saturated heterocycles. The predicted molar refractivity (Wildman–Crippen MR) is 114 cm³/mol. The Balaban J connectivity index is 1.47. The van der Waals surface area contributed by atoms with Crippen LogP contribution in [0.4, 0.5) is 0 Å². The molecule has 0 aliphatic carbocycles. The van der Waals surface area contributed by atoms with Crippen LogP contribution >= 0.6 is 0 Å². The van der Waals surface area contributed by atoms with Gasteiger partial charge in [0.15, 0.2) is 5.43 Å². The lowest BCUT2D eigenvalue weighted by Crippen LogP contribution is -3.27. The molecule has 1 aliphatic heterocycles. The number of benzene rings is 2. The van der Waals surface area contributed by atoms with E-state index in [-0.39, 0.29) is 5.43 Å². The smallest absolute Gasteiger partial charge is 0.198 e. The highest BCUT2D eigenvalue weighted by Gasteiger charge is 2.25. The number of piperazine rings is 1. The summed E-state index contributed by atoms with van der Waals surface area (Å²) in [5.41, 5.74) is 5.85. The van der Waals surface area contributed by atoms with E-state index in [0.717, 1.165) is 67.8 Å². The summed E-state index contributed by atoms with van der Waals surface area (Å²) in [6.07, 6.45) is 0.934. The van der Waals surface area contributed by atoms with E-state index < -0.39 is 0 Å². The van der Waals surface area contributed by atoms with Crippen LogP contribution < -0.4 is 15.2 Å². The second-order valence-electron chi connectivity index (χ2n) is 8.09. The quantitative estimate of drug-likeness (QED) is 0.607. The lowest BCUT2D eigenvalue weighted by atomic mass is 10.0. The van der Waals surface area contributed by atoms with Gasteiger partial charge in [-0.15, -0.1) is 0 Å². The summed E-state index contributed by atoms with van der Waals surface area (Å²) in [5.74, 6) is 0. The van der Waals surface area contributed by atoms with Gasteiger partial charge in [-0.25, -0.2) is 0 Å². The highest BCUT2D eigenvalue weighted by atomic mass is 16.1. The van der Waals surface area contributed by atoms with Crippen molar-refractivity contribution in [1.29, 1.82) is 0 Å². The minimum atomic E-state index is 0.216. The number of aryl methyl sites for hydroxylation is 2. The fourth-order valence-electron chi connectivity index (χ4n) is 4.49. The monoisotopic (exact) mass is 377 g/mol. The van der Waals surface area contributed by atoms with Crippen molar-refractivity contribution in [2.45, 2.75) is 33.4 Å². The first-order chi connectivity index (χ1) is 13.7. The Morgan fingerprint density at radius 1 is 0.893 bits per heavy atom. The number of para-hydroxylation sites is 1. The number of pyridine rings is 1. The molecule has 0 radical (unpaired) electrons. The van der Waals surface area contributed by atoms with Crippen LogP contribution in [0.5, 0.6) is 0 Å². The van der Waals surface area contributed by atoms with Gasteiger partial charge in [0.25, 0.3) is 0 Å². The second kappa shape index (κ2) is 8.29. The highest BCUT2D eigenvalue weighted by Crippen LogP contribution is 2.16. The Kier molecular flexibility index (Phi) is 5.60. The standard InChI is InChI=1S/C24H29N3O/c1-3-20-10-7-11-21-23(20)25-18(2)22(24(21)28)17-27-14-12-26(13-15-27)16-19-8-5-4-6-9-19/h4-11H,3,12-17H2,1-2H3,(H,25,28)/p+2. The molecule has 4 heteroatoms. The molecular weight excluding hydrogens is 346 g/mol. The molecule has 1 fully saturated rings. The maximum absolute atomic E-state index is 13.2. The van der Waals surface area contributed by atoms with Crippen LogP contribution in [0.3, 0.4) is 0 Å². The summed E-state index contributed by atoms with van der Waals surface area (Å²) in [4.78, 5) is 19.9. The summed E-state index contributed by atoms with van der Waals surface area (Å²) in [7, 11) is 0. The summed E-state index contributed by atoms with van der Waals surface area (Å²) >= 11 is 0. The first-order valence-corrected chi connectivity index (χ1v) is 10.5. The van der Waals surface area contributed by atoms with E-state index in [0.29, 0.717) is 0 Å². The third kappa shape index (κ3) is 3.89. The van der Waals surface area contributed by atoms with Gasteiger partial charge in [0.05, 0.1) is 11.1 Å². The van der Waals surface area contributed by atoms with Crippen molar-refractivity contribution < 1.29 is 9.80 Å². The molecule has 0 atom stereocenters. The lowest BCUT2D eigenvalue weighted by Gasteiger charge is -2.30. The molecule has 2 heterocycles. The van der Waals surface area contributed by atoms with E-state index in [1.54, 1.807) is 4.90 Å². The normalized spacial score (nSPS) is 19.8. The van der Waals surface area contributed by atoms with Crippen molar-refractivity contribution in [3.05, 3.63) is 81.1 Å². The fourth-order valence-corrected chi connectivity index (χ4v) is 4.49. The number of rotatable bonds is 5. The lowest BCUT2D eigenvalue weighted by molar-refractivity contribution is -1.02. The van der Waals surface area contributed by atoms with Gasteiger partial charge in [-0.3, -0.25) is 4.79 Å². The van der Waals surface area contributed by atoms with Crippen molar-refractivity contribution >= 4 is 10.9 Å². The second-order valence-corrected chi connectivity index (χ2v) is 8.09. The van der Waals surface area contributed by atoms with Crippen molar-refractivity contribution in [3.8, 4) is 0 Å². The van der Waals surface area contributed by atoms with Crippen molar-refractivity contribution in [3.63, 3.8) is 0 Å². The molecule has 0 amide bonds. The van der Waals surface area contributed by atoms with Crippen LogP contribution in [0.25, 0.3) is 10.9 Å². The number of H-pyrrole nitrogens is 1. The van der Waals surface area contributed by atoms with Gasteiger partial charge in [0.1, 0.15) is 39.3 Å². The van der Waals surface area contributed by atoms with Crippen molar-refractivity contribution in [2.75, 3.05) is 26.2 Å². The topological polar surface area (TPSA) is 41.7 Å². The van der Waals surface area contributed by atoms with E-state index in [9.17, 15) is 4.79 Å². The van der Waals surface area contributed by atoms with Gasteiger partial charge < -0.3 is 14.8 Å². The van der Waals surface area contributed by atoms with Crippen LogP contribution in [0.15, 0.2) is 53.3 Å². The Bertz CT molecular complexity index is 1000. The summed E-state index contributed by atoms with van der Waals surface area (Å²) in [6, 6.07) is 16.8. The van der Waals surface area contributed by atoms with Crippen molar-refractivity contribution in [2.24, 2.45) is 0 Å². The number of hydrogen-bond donors (Lipinski definition) is 3. The van der Waals surface area contributed by atoms with Crippen molar-refractivity contribution in [1.82, 2.24) is 4.98 Å². The van der Waals surface area contributed by atoms with E-state index >= 15 is 0 Å². The summed E-state index contributed by atoms with van der Waals surface area (Å²) in [6.45, 7) is 10.7. The molecule has 3 aromatic rings. The number of nitrogens with one attached hydrogen (secondary N) is 3. The molecule has 0 unspecified atom stereocenters. The molecule has 146 valence electrons.